The molecule has 2 N–H and O–H groups in total. The van der Waals surface area contributed by atoms with Gasteiger partial charge in [0, 0.05) is 39.8 Å². The minimum Gasteiger partial charge on any atom is -0.356 e. The van der Waals surface area contributed by atoms with Crippen molar-refractivity contribution in [3.8, 4) is 0 Å². The molecular weight excluding hydrogens is 308 g/mol. The van der Waals surface area contributed by atoms with E-state index in [9.17, 15) is 8.42 Å². The monoisotopic (exact) mass is 336 g/mol. The fraction of sp³-hybridized carbons (Fsp3) is 0.923. The number of hydrogen-bond donors (Lipinski definition) is 2. The molecule has 0 atom stereocenters. The molecule has 0 aliphatic carbocycles. The highest BCUT2D eigenvalue weighted by Crippen LogP contribution is 2.02. The van der Waals surface area contributed by atoms with E-state index in [0.717, 1.165) is 32.0 Å². The molecule has 124 valence electrons. The van der Waals surface area contributed by atoms with Gasteiger partial charge in [0.2, 0.25) is 0 Å². The Labute approximate surface area is 133 Å². The standard InChI is InChI=1S/C13H28N4O2S2/c1-14-13(15-5-3-4-10-20-2)16-6-7-17-8-11-21(18,19)12-9-17/h3-12H2,1-2H3,(H2,14,15,16). The molecule has 0 spiro atoms. The van der Waals surface area contributed by atoms with Gasteiger partial charge in [0.15, 0.2) is 15.8 Å². The summed E-state index contributed by atoms with van der Waals surface area (Å²) in [5.41, 5.74) is 0. The summed E-state index contributed by atoms with van der Waals surface area (Å²) < 4.78 is 22.7. The number of nitrogens with zero attached hydrogens (tertiary/aromatic N) is 2. The van der Waals surface area contributed by atoms with E-state index in [1.807, 2.05) is 11.8 Å². The van der Waals surface area contributed by atoms with Crippen LogP contribution in [0.2, 0.25) is 0 Å². The fourth-order valence-electron chi connectivity index (χ4n) is 2.11. The smallest absolute Gasteiger partial charge is 0.191 e. The van der Waals surface area contributed by atoms with Gasteiger partial charge in [0.25, 0.3) is 0 Å². The third kappa shape index (κ3) is 8.53. The Morgan fingerprint density at radius 1 is 1.19 bits per heavy atom. The minimum atomic E-state index is -2.78. The third-order valence-electron chi connectivity index (χ3n) is 3.45. The zero-order chi connectivity index (χ0) is 15.6. The molecule has 0 saturated carbocycles. The highest BCUT2D eigenvalue weighted by Gasteiger charge is 2.20. The summed E-state index contributed by atoms with van der Waals surface area (Å²) in [5, 5.41) is 6.57. The zero-order valence-corrected chi connectivity index (χ0v) is 14.7. The van der Waals surface area contributed by atoms with Gasteiger partial charge in [-0.15, -0.1) is 0 Å². The van der Waals surface area contributed by atoms with Crippen molar-refractivity contribution in [3.63, 3.8) is 0 Å². The van der Waals surface area contributed by atoms with Crippen LogP contribution >= 0.6 is 11.8 Å². The fourth-order valence-corrected chi connectivity index (χ4v) is 3.87. The van der Waals surface area contributed by atoms with Crippen LogP contribution in [0.5, 0.6) is 0 Å². The van der Waals surface area contributed by atoms with E-state index in [-0.39, 0.29) is 11.5 Å². The average molecular weight is 337 g/mol. The number of sulfone groups is 1. The summed E-state index contributed by atoms with van der Waals surface area (Å²) >= 11 is 1.87. The lowest BCUT2D eigenvalue weighted by molar-refractivity contribution is 0.299. The number of guanidine groups is 1. The van der Waals surface area contributed by atoms with Crippen LogP contribution in [0.25, 0.3) is 0 Å². The van der Waals surface area contributed by atoms with Crippen molar-refractivity contribution in [2.24, 2.45) is 4.99 Å². The molecule has 0 aromatic rings. The Morgan fingerprint density at radius 2 is 1.86 bits per heavy atom. The predicted octanol–water partition coefficient (Wildman–Crippen LogP) is 0.0250. The molecule has 1 rings (SSSR count). The van der Waals surface area contributed by atoms with Gasteiger partial charge in [-0.2, -0.15) is 11.8 Å². The van der Waals surface area contributed by atoms with Gasteiger partial charge in [-0.25, -0.2) is 8.42 Å². The van der Waals surface area contributed by atoms with Crippen molar-refractivity contribution in [1.29, 1.82) is 0 Å². The molecule has 0 aromatic heterocycles. The van der Waals surface area contributed by atoms with Gasteiger partial charge in [0.05, 0.1) is 11.5 Å². The number of aliphatic imine (C=N–C) groups is 1. The molecule has 0 unspecified atom stereocenters. The maximum absolute atomic E-state index is 11.3. The van der Waals surface area contributed by atoms with E-state index in [1.165, 1.54) is 12.2 Å². The van der Waals surface area contributed by atoms with E-state index in [4.69, 9.17) is 0 Å². The van der Waals surface area contributed by atoms with E-state index in [2.05, 4.69) is 26.8 Å². The number of hydrogen-bond acceptors (Lipinski definition) is 5. The number of unbranched alkanes of at least 4 members (excludes halogenated alkanes) is 1. The molecule has 0 aromatic carbocycles. The molecule has 1 aliphatic heterocycles. The SMILES string of the molecule is CN=C(NCCCCSC)NCCN1CCS(=O)(=O)CC1. The third-order valence-corrected chi connectivity index (χ3v) is 5.75. The average Bonchev–Trinajstić information content (AvgIpc) is 2.47. The Kier molecular flexibility index (Phi) is 9.10. The predicted molar refractivity (Wildman–Crippen MR) is 92.1 cm³/mol. The summed E-state index contributed by atoms with van der Waals surface area (Å²) in [5.74, 6) is 2.60. The Hall–Kier alpha value is -0.470. The summed E-state index contributed by atoms with van der Waals surface area (Å²) in [6.45, 7) is 3.85. The molecule has 1 fully saturated rings. The highest BCUT2D eigenvalue weighted by atomic mass is 32.2. The lowest BCUT2D eigenvalue weighted by atomic mass is 10.3. The van der Waals surface area contributed by atoms with Crippen molar-refractivity contribution in [1.82, 2.24) is 15.5 Å². The lowest BCUT2D eigenvalue weighted by Gasteiger charge is -2.26. The van der Waals surface area contributed by atoms with E-state index in [0.29, 0.717) is 13.1 Å². The Balaban J connectivity index is 2.10. The topological polar surface area (TPSA) is 73.8 Å². The van der Waals surface area contributed by atoms with Gasteiger partial charge in [-0.05, 0) is 24.9 Å². The van der Waals surface area contributed by atoms with Crippen LogP contribution in [0.15, 0.2) is 4.99 Å². The summed E-state index contributed by atoms with van der Waals surface area (Å²) in [7, 11) is -1.01. The summed E-state index contributed by atoms with van der Waals surface area (Å²) in [6.07, 6.45) is 4.48. The largest absolute Gasteiger partial charge is 0.356 e. The second kappa shape index (κ2) is 10.3. The van der Waals surface area contributed by atoms with Crippen molar-refractivity contribution in [2.75, 3.05) is 63.3 Å². The van der Waals surface area contributed by atoms with Crippen molar-refractivity contribution >= 4 is 27.6 Å². The normalized spacial score (nSPS) is 19.4. The summed E-state index contributed by atoms with van der Waals surface area (Å²) in [4.78, 5) is 6.37. The van der Waals surface area contributed by atoms with Crippen molar-refractivity contribution in [3.05, 3.63) is 0 Å². The zero-order valence-electron chi connectivity index (χ0n) is 13.1. The molecule has 1 aliphatic rings. The van der Waals surface area contributed by atoms with Gasteiger partial charge in [-0.3, -0.25) is 9.89 Å². The van der Waals surface area contributed by atoms with Crippen molar-refractivity contribution in [2.45, 2.75) is 12.8 Å². The molecule has 0 amide bonds. The van der Waals surface area contributed by atoms with E-state index < -0.39 is 9.84 Å². The first-order valence-corrected chi connectivity index (χ1v) is 10.6. The van der Waals surface area contributed by atoms with Gasteiger partial charge >= 0.3 is 0 Å². The number of thioether (sulfide) groups is 1. The van der Waals surface area contributed by atoms with Gasteiger partial charge in [0.1, 0.15) is 0 Å². The highest BCUT2D eigenvalue weighted by molar-refractivity contribution is 7.98. The van der Waals surface area contributed by atoms with Gasteiger partial charge < -0.3 is 10.6 Å². The van der Waals surface area contributed by atoms with Crippen LogP contribution in [-0.2, 0) is 9.84 Å². The molecule has 8 heteroatoms. The minimum absolute atomic E-state index is 0.287. The Bertz CT molecular complexity index is 398. The first-order valence-electron chi connectivity index (χ1n) is 7.43. The second-order valence-corrected chi connectivity index (χ2v) is 8.41. The van der Waals surface area contributed by atoms with Gasteiger partial charge in [-0.1, -0.05) is 0 Å². The van der Waals surface area contributed by atoms with Crippen LogP contribution in [0.3, 0.4) is 0 Å². The molecular formula is C13H28N4O2S2. The molecule has 1 saturated heterocycles. The summed E-state index contributed by atoms with van der Waals surface area (Å²) in [6, 6.07) is 0. The van der Waals surface area contributed by atoms with Crippen LogP contribution in [0.4, 0.5) is 0 Å². The number of rotatable bonds is 8. The molecule has 0 radical (unpaired) electrons. The number of nitrogens with one attached hydrogen (secondary N) is 2. The van der Waals surface area contributed by atoms with Crippen LogP contribution < -0.4 is 10.6 Å². The molecule has 21 heavy (non-hydrogen) atoms. The second-order valence-electron chi connectivity index (χ2n) is 5.12. The first kappa shape index (κ1) is 18.6. The molecule has 1 heterocycles. The van der Waals surface area contributed by atoms with E-state index >= 15 is 0 Å². The first-order chi connectivity index (χ1) is 10.1. The van der Waals surface area contributed by atoms with Crippen LogP contribution in [-0.4, -0.2) is 82.6 Å². The maximum atomic E-state index is 11.3. The quantitative estimate of drug-likeness (QED) is 0.370. The lowest BCUT2D eigenvalue weighted by Crippen LogP contribution is -2.46. The Morgan fingerprint density at radius 3 is 2.48 bits per heavy atom. The van der Waals surface area contributed by atoms with Crippen molar-refractivity contribution < 1.29 is 8.42 Å². The maximum Gasteiger partial charge on any atom is 0.191 e. The van der Waals surface area contributed by atoms with Crippen LogP contribution in [0.1, 0.15) is 12.8 Å². The molecule has 0 bridgehead atoms. The van der Waals surface area contributed by atoms with Crippen LogP contribution in [0, 0.1) is 0 Å². The molecule has 6 nitrogen and oxygen atoms in total. The van der Waals surface area contributed by atoms with E-state index in [1.54, 1.807) is 7.05 Å².